The fourth-order valence-electron chi connectivity index (χ4n) is 4.13. The first-order valence-corrected chi connectivity index (χ1v) is 11.1. The fourth-order valence-corrected chi connectivity index (χ4v) is 5.64. The summed E-state index contributed by atoms with van der Waals surface area (Å²) in [6.07, 6.45) is 6.36. The molecule has 0 atom stereocenters. The van der Waals surface area contributed by atoms with Gasteiger partial charge in [0.1, 0.15) is 0 Å². The Labute approximate surface area is 165 Å². The molecule has 144 valence electrons. The molecule has 2 aliphatic carbocycles. The minimum atomic E-state index is 0.114. The Balaban J connectivity index is 1.71. The first-order valence-electron chi connectivity index (χ1n) is 10.3. The Kier molecular flexibility index (Phi) is 4.87. The Morgan fingerprint density at radius 2 is 2.07 bits per heavy atom. The van der Waals surface area contributed by atoms with E-state index in [1.807, 2.05) is 23.1 Å². The summed E-state index contributed by atoms with van der Waals surface area (Å²) in [6, 6.07) is 5.69. The van der Waals surface area contributed by atoms with Crippen LogP contribution >= 0.6 is 11.3 Å². The van der Waals surface area contributed by atoms with Crippen molar-refractivity contribution in [2.24, 2.45) is 11.3 Å². The van der Waals surface area contributed by atoms with E-state index in [-0.39, 0.29) is 16.8 Å². The molecule has 3 nitrogen and oxygen atoms in total. The molecule has 2 aliphatic rings. The number of hydrogen-bond acceptors (Lipinski definition) is 3. The largest absolute Gasteiger partial charge is 0.338 e. The average molecular weight is 384 g/mol. The highest BCUT2D eigenvalue weighted by Gasteiger charge is 2.29. The number of rotatable bonds is 5. The van der Waals surface area contributed by atoms with Gasteiger partial charge in [0.2, 0.25) is 0 Å². The van der Waals surface area contributed by atoms with Crippen LogP contribution < -0.4 is 5.43 Å². The lowest BCUT2D eigenvalue weighted by atomic mass is 9.77. The Morgan fingerprint density at radius 3 is 2.78 bits per heavy atom. The van der Waals surface area contributed by atoms with Crippen LogP contribution in [0.1, 0.15) is 67.3 Å². The number of nitrogens with zero attached hydrogens (tertiary/aromatic N) is 1. The van der Waals surface area contributed by atoms with Gasteiger partial charge in [0.05, 0.1) is 0 Å². The average Bonchev–Trinajstić information content (AvgIpc) is 3.43. The SMILES string of the molecule is CCCN(CC1CC1)C(=O)c1ccc2c(=O)c3c(sc2c1)CC(C)(C)CC3. The number of carbonyl (C=O) groups is 1. The molecule has 0 N–H and O–H groups in total. The van der Waals surface area contributed by atoms with Gasteiger partial charge in [-0.05, 0) is 68.1 Å². The van der Waals surface area contributed by atoms with Crippen molar-refractivity contribution in [2.45, 2.75) is 59.3 Å². The van der Waals surface area contributed by atoms with Crippen molar-refractivity contribution in [3.8, 4) is 0 Å². The number of amides is 1. The number of hydrogen-bond donors (Lipinski definition) is 0. The highest BCUT2D eigenvalue weighted by Crippen LogP contribution is 2.37. The fraction of sp³-hybridized carbons (Fsp3) is 0.565. The van der Waals surface area contributed by atoms with Crippen LogP contribution in [0, 0.1) is 11.3 Å². The molecule has 1 heterocycles. The molecule has 1 aromatic heterocycles. The van der Waals surface area contributed by atoms with Gasteiger partial charge in [-0.25, -0.2) is 0 Å². The molecule has 0 saturated heterocycles. The van der Waals surface area contributed by atoms with Crippen LogP contribution in [-0.4, -0.2) is 23.9 Å². The van der Waals surface area contributed by atoms with Crippen molar-refractivity contribution < 1.29 is 4.79 Å². The normalized spacial score (nSPS) is 18.3. The summed E-state index contributed by atoms with van der Waals surface area (Å²) in [5, 5.41) is 0.777. The first kappa shape index (κ1) is 18.7. The Morgan fingerprint density at radius 1 is 1.30 bits per heavy atom. The summed E-state index contributed by atoms with van der Waals surface area (Å²) in [4.78, 5) is 29.3. The van der Waals surface area contributed by atoms with Crippen molar-refractivity contribution in [1.29, 1.82) is 0 Å². The van der Waals surface area contributed by atoms with E-state index in [0.717, 1.165) is 60.0 Å². The molecule has 0 bridgehead atoms. The monoisotopic (exact) mass is 383 g/mol. The van der Waals surface area contributed by atoms with E-state index in [2.05, 4.69) is 20.8 Å². The maximum atomic E-state index is 13.1. The minimum absolute atomic E-state index is 0.114. The van der Waals surface area contributed by atoms with E-state index < -0.39 is 0 Å². The second-order valence-electron chi connectivity index (χ2n) is 9.08. The van der Waals surface area contributed by atoms with Crippen LogP contribution in [0.25, 0.3) is 10.1 Å². The standard InChI is InChI=1S/C23H29NO2S/c1-4-11-24(14-15-5-6-15)22(26)16-7-8-17-19(12-16)27-20-13-23(2,3)10-9-18(20)21(17)25/h7-8,12,15H,4-6,9-11,13-14H2,1-3H3. The molecule has 0 aliphatic heterocycles. The van der Waals surface area contributed by atoms with Gasteiger partial charge in [0.25, 0.3) is 5.91 Å². The zero-order chi connectivity index (χ0) is 19.2. The lowest BCUT2D eigenvalue weighted by Gasteiger charge is -2.30. The van der Waals surface area contributed by atoms with Gasteiger partial charge < -0.3 is 4.90 Å². The molecular formula is C23H29NO2S. The Bertz CT molecular complexity index is 939. The van der Waals surface area contributed by atoms with Crippen LogP contribution in [0.3, 0.4) is 0 Å². The summed E-state index contributed by atoms with van der Waals surface area (Å²) < 4.78 is 0.963. The molecule has 0 radical (unpaired) electrons. The molecule has 2 aromatic rings. The van der Waals surface area contributed by atoms with Gasteiger partial charge in [-0.1, -0.05) is 20.8 Å². The van der Waals surface area contributed by atoms with Gasteiger partial charge in [0.15, 0.2) is 5.43 Å². The van der Waals surface area contributed by atoms with Crippen LogP contribution in [0.2, 0.25) is 0 Å². The zero-order valence-electron chi connectivity index (χ0n) is 16.6. The van der Waals surface area contributed by atoms with Gasteiger partial charge in [-0.3, -0.25) is 9.59 Å². The van der Waals surface area contributed by atoms with Crippen molar-refractivity contribution in [3.05, 3.63) is 44.4 Å². The third-order valence-corrected chi connectivity index (χ3v) is 7.16. The molecule has 0 spiro atoms. The quantitative estimate of drug-likeness (QED) is 0.725. The van der Waals surface area contributed by atoms with Crippen LogP contribution in [-0.2, 0) is 12.8 Å². The molecule has 0 unspecified atom stereocenters. The lowest BCUT2D eigenvalue weighted by molar-refractivity contribution is 0.0748. The van der Waals surface area contributed by atoms with Crippen LogP contribution in [0.5, 0.6) is 0 Å². The van der Waals surface area contributed by atoms with Crippen molar-refractivity contribution in [1.82, 2.24) is 4.90 Å². The number of fused-ring (bicyclic) bond motifs is 2. The van der Waals surface area contributed by atoms with Crippen molar-refractivity contribution in [2.75, 3.05) is 13.1 Å². The van der Waals surface area contributed by atoms with E-state index in [4.69, 9.17) is 0 Å². The van der Waals surface area contributed by atoms with E-state index in [1.54, 1.807) is 11.3 Å². The second-order valence-corrected chi connectivity index (χ2v) is 10.2. The topological polar surface area (TPSA) is 37.4 Å². The van der Waals surface area contributed by atoms with Crippen LogP contribution in [0.15, 0.2) is 23.0 Å². The first-order chi connectivity index (χ1) is 12.9. The zero-order valence-corrected chi connectivity index (χ0v) is 17.5. The van der Waals surface area contributed by atoms with Gasteiger partial charge in [-0.2, -0.15) is 0 Å². The number of benzene rings is 1. The third-order valence-electron chi connectivity index (χ3n) is 5.96. The lowest BCUT2D eigenvalue weighted by Crippen LogP contribution is -2.33. The summed E-state index contributed by atoms with van der Waals surface area (Å²) in [6.45, 7) is 8.35. The predicted molar refractivity (Wildman–Crippen MR) is 113 cm³/mol. The third kappa shape index (κ3) is 3.82. The van der Waals surface area contributed by atoms with Gasteiger partial charge >= 0.3 is 0 Å². The number of carbonyl (C=O) groups excluding carboxylic acids is 1. The van der Waals surface area contributed by atoms with E-state index in [0.29, 0.717) is 5.92 Å². The summed E-state index contributed by atoms with van der Waals surface area (Å²) >= 11 is 1.72. The molecule has 27 heavy (non-hydrogen) atoms. The molecule has 1 aromatic carbocycles. The maximum Gasteiger partial charge on any atom is 0.253 e. The maximum absolute atomic E-state index is 13.1. The molecule has 4 rings (SSSR count). The van der Waals surface area contributed by atoms with Gasteiger partial charge in [-0.15, -0.1) is 11.3 Å². The van der Waals surface area contributed by atoms with E-state index in [1.165, 1.54) is 17.7 Å². The van der Waals surface area contributed by atoms with E-state index >= 15 is 0 Å². The molecule has 4 heteroatoms. The summed E-state index contributed by atoms with van der Waals surface area (Å²) in [5.41, 5.74) is 2.16. The molecule has 1 saturated carbocycles. The second kappa shape index (κ2) is 7.05. The molecule has 1 fully saturated rings. The molecule has 1 amide bonds. The van der Waals surface area contributed by atoms with Crippen molar-refractivity contribution in [3.63, 3.8) is 0 Å². The highest BCUT2D eigenvalue weighted by molar-refractivity contribution is 7.18. The Hall–Kier alpha value is -1.68. The van der Waals surface area contributed by atoms with Gasteiger partial charge in [0, 0.05) is 39.2 Å². The summed E-state index contributed by atoms with van der Waals surface area (Å²) in [5.74, 6) is 0.801. The van der Waals surface area contributed by atoms with Crippen molar-refractivity contribution >= 4 is 27.3 Å². The highest BCUT2D eigenvalue weighted by atomic mass is 32.1. The van der Waals surface area contributed by atoms with Crippen LogP contribution in [0.4, 0.5) is 0 Å². The minimum Gasteiger partial charge on any atom is -0.338 e. The van der Waals surface area contributed by atoms with E-state index in [9.17, 15) is 9.59 Å². The summed E-state index contributed by atoms with van der Waals surface area (Å²) in [7, 11) is 0. The smallest absolute Gasteiger partial charge is 0.253 e. The molecular weight excluding hydrogens is 354 g/mol. The predicted octanol–water partition coefficient (Wildman–Crippen LogP) is 5.04.